The van der Waals surface area contributed by atoms with Crippen molar-refractivity contribution < 1.29 is 4.79 Å². The maximum Gasteiger partial charge on any atom is 0.223 e. The average Bonchev–Trinajstić information content (AvgIpc) is 2.99. The highest BCUT2D eigenvalue weighted by molar-refractivity contribution is 7.15. The highest BCUT2D eigenvalue weighted by Gasteiger charge is 2.18. The van der Waals surface area contributed by atoms with Gasteiger partial charge in [0.1, 0.15) is 5.69 Å². The fourth-order valence-electron chi connectivity index (χ4n) is 3.13. The largest absolute Gasteiger partial charge is 0.302 e. The number of nitrogens with zero attached hydrogens (tertiary/aromatic N) is 3. The van der Waals surface area contributed by atoms with Gasteiger partial charge in [-0.3, -0.25) is 9.69 Å². The number of anilines is 1. The number of piperidine rings is 1. The summed E-state index contributed by atoms with van der Waals surface area (Å²) in [6, 6.07) is 4.12. The SMILES string of the molecule is CC(=O)Nc1ncc(CN2CCC(C#Cc3cc(C)cc(C)n3)CC2)s1. The molecule has 5 nitrogen and oxygen atoms in total. The minimum Gasteiger partial charge on any atom is -0.302 e. The van der Waals surface area contributed by atoms with Gasteiger partial charge in [-0.25, -0.2) is 9.97 Å². The summed E-state index contributed by atoms with van der Waals surface area (Å²) in [7, 11) is 0. The van der Waals surface area contributed by atoms with Gasteiger partial charge in [0, 0.05) is 36.2 Å². The van der Waals surface area contributed by atoms with Crippen LogP contribution in [-0.4, -0.2) is 33.9 Å². The molecular weight excluding hydrogens is 344 g/mol. The molecule has 1 aliphatic heterocycles. The van der Waals surface area contributed by atoms with E-state index in [2.05, 4.69) is 45.0 Å². The van der Waals surface area contributed by atoms with Crippen molar-refractivity contribution in [1.29, 1.82) is 0 Å². The van der Waals surface area contributed by atoms with E-state index in [1.807, 2.05) is 19.2 Å². The molecule has 1 fully saturated rings. The van der Waals surface area contributed by atoms with E-state index in [9.17, 15) is 4.79 Å². The van der Waals surface area contributed by atoms with Crippen LogP contribution in [0, 0.1) is 31.6 Å². The summed E-state index contributed by atoms with van der Waals surface area (Å²) in [5.41, 5.74) is 3.10. The minimum atomic E-state index is -0.0800. The first-order valence-corrected chi connectivity index (χ1v) is 9.71. The van der Waals surface area contributed by atoms with E-state index in [0.717, 1.165) is 43.9 Å². The summed E-state index contributed by atoms with van der Waals surface area (Å²) in [6.45, 7) is 8.54. The summed E-state index contributed by atoms with van der Waals surface area (Å²) in [6.07, 6.45) is 4.01. The van der Waals surface area contributed by atoms with Crippen LogP contribution < -0.4 is 5.32 Å². The maximum atomic E-state index is 11.1. The van der Waals surface area contributed by atoms with Crippen molar-refractivity contribution in [3.05, 3.63) is 40.2 Å². The maximum absolute atomic E-state index is 11.1. The number of rotatable bonds is 3. The molecule has 0 bridgehead atoms. The lowest BCUT2D eigenvalue weighted by Gasteiger charge is -2.29. The Morgan fingerprint density at radius 2 is 2.12 bits per heavy atom. The summed E-state index contributed by atoms with van der Waals surface area (Å²) in [4.78, 5) is 23.4. The Hall–Kier alpha value is -2.23. The molecule has 136 valence electrons. The van der Waals surface area contributed by atoms with Gasteiger partial charge in [0.2, 0.25) is 5.91 Å². The number of amides is 1. The van der Waals surface area contributed by atoms with Gasteiger partial charge >= 0.3 is 0 Å². The lowest BCUT2D eigenvalue weighted by Crippen LogP contribution is -2.32. The molecule has 1 aliphatic rings. The van der Waals surface area contributed by atoms with Crippen molar-refractivity contribution in [1.82, 2.24) is 14.9 Å². The topological polar surface area (TPSA) is 58.1 Å². The Balaban J connectivity index is 1.51. The first-order chi connectivity index (χ1) is 12.5. The fraction of sp³-hybridized carbons (Fsp3) is 0.450. The third-order valence-electron chi connectivity index (χ3n) is 4.31. The molecule has 0 spiro atoms. The Bertz CT molecular complexity index is 821. The molecule has 1 saturated heterocycles. The van der Waals surface area contributed by atoms with Crippen LogP contribution in [0.1, 0.15) is 41.6 Å². The fourth-order valence-corrected chi connectivity index (χ4v) is 4.03. The molecule has 0 saturated carbocycles. The molecule has 3 rings (SSSR count). The van der Waals surface area contributed by atoms with Crippen LogP contribution >= 0.6 is 11.3 Å². The molecule has 2 aromatic rings. The van der Waals surface area contributed by atoms with Crippen LogP contribution in [0.15, 0.2) is 18.3 Å². The Labute approximate surface area is 158 Å². The zero-order chi connectivity index (χ0) is 18.5. The van der Waals surface area contributed by atoms with Gasteiger partial charge in [-0.2, -0.15) is 0 Å². The van der Waals surface area contributed by atoms with Crippen LogP contribution in [0.5, 0.6) is 0 Å². The first kappa shape index (κ1) is 18.6. The number of aryl methyl sites for hydroxylation is 2. The standard InChI is InChI=1S/C20H24N4OS/c1-14-10-15(2)22-18(11-14)5-4-17-6-8-24(9-7-17)13-19-12-21-20(26-19)23-16(3)25/h10-12,17H,6-9,13H2,1-3H3,(H,21,23,25). The number of pyridine rings is 1. The molecule has 0 unspecified atom stereocenters. The number of aromatic nitrogens is 2. The number of hydrogen-bond donors (Lipinski definition) is 1. The molecule has 1 N–H and O–H groups in total. The highest BCUT2D eigenvalue weighted by Crippen LogP contribution is 2.23. The number of nitrogens with one attached hydrogen (secondary N) is 1. The summed E-state index contributed by atoms with van der Waals surface area (Å²) < 4.78 is 0. The van der Waals surface area contributed by atoms with Gasteiger partial charge in [0.15, 0.2) is 5.13 Å². The van der Waals surface area contributed by atoms with E-state index >= 15 is 0 Å². The Morgan fingerprint density at radius 3 is 2.81 bits per heavy atom. The molecule has 2 aromatic heterocycles. The molecule has 0 radical (unpaired) electrons. The van der Waals surface area contributed by atoms with Gasteiger partial charge in [0.05, 0.1) is 0 Å². The van der Waals surface area contributed by atoms with Crippen molar-refractivity contribution in [2.24, 2.45) is 5.92 Å². The predicted octanol–water partition coefficient (Wildman–Crippen LogP) is 3.38. The van der Waals surface area contributed by atoms with Crippen molar-refractivity contribution in [2.45, 2.75) is 40.2 Å². The van der Waals surface area contributed by atoms with E-state index in [0.29, 0.717) is 11.0 Å². The van der Waals surface area contributed by atoms with E-state index in [4.69, 9.17) is 0 Å². The highest BCUT2D eigenvalue weighted by atomic mass is 32.1. The summed E-state index contributed by atoms with van der Waals surface area (Å²) in [5.74, 6) is 7.02. The van der Waals surface area contributed by atoms with Crippen molar-refractivity contribution in [2.75, 3.05) is 18.4 Å². The van der Waals surface area contributed by atoms with Crippen LogP contribution in [0.3, 0.4) is 0 Å². The number of carbonyl (C=O) groups is 1. The van der Waals surface area contributed by atoms with Crippen molar-refractivity contribution in [3.63, 3.8) is 0 Å². The third kappa shape index (κ3) is 5.38. The summed E-state index contributed by atoms with van der Waals surface area (Å²) in [5, 5.41) is 3.41. The second kappa shape index (κ2) is 8.43. The van der Waals surface area contributed by atoms with E-state index in [-0.39, 0.29) is 5.91 Å². The molecule has 26 heavy (non-hydrogen) atoms. The van der Waals surface area contributed by atoms with Gasteiger partial charge in [-0.15, -0.1) is 11.3 Å². The third-order valence-corrected chi connectivity index (χ3v) is 5.20. The Kier molecular flexibility index (Phi) is 6.02. The monoisotopic (exact) mass is 368 g/mol. The molecular formula is C20H24N4OS. The molecule has 0 atom stereocenters. The van der Waals surface area contributed by atoms with Crippen molar-refractivity contribution >= 4 is 22.4 Å². The van der Waals surface area contributed by atoms with Crippen molar-refractivity contribution in [3.8, 4) is 11.8 Å². The zero-order valence-electron chi connectivity index (χ0n) is 15.5. The lowest BCUT2D eigenvalue weighted by atomic mass is 9.97. The predicted molar refractivity (Wildman–Crippen MR) is 105 cm³/mol. The zero-order valence-corrected chi connectivity index (χ0v) is 16.3. The summed E-state index contributed by atoms with van der Waals surface area (Å²) >= 11 is 1.54. The second-order valence-corrected chi connectivity index (χ2v) is 7.92. The molecule has 3 heterocycles. The van der Waals surface area contributed by atoms with Gasteiger partial charge in [0.25, 0.3) is 0 Å². The van der Waals surface area contributed by atoms with Gasteiger partial charge in [-0.1, -0.05) is 5.92 Å². The molecule has 0 aliphatic carbocycles. The molecule has 0 aromatic carbocycles. The number of carbonyl (C=O) groups excluding carboxylic acids is 1. The van der Waals surface area contributed by atoms with E-state index in [1.165, 1.54) is 17.4 Å². The molecule has 6 heteroatoms. The van der Waals surface area contributed by atoms with Crippen LogP contribution in [0.25, 0.3) is 0 Å². The molecule has 1 amide bonds. The Morgan fingerprint density at radius 1 is 1.35 bits per heavy atom. The number of likely N-dealkylation sites (tertiary alicyclic amines) is 1. The van der Waals surface area contributed by atoms with Gasteiger partial charge in [-0.05, 0) is 63.4 Å². The first-order valence-electron chi connectivity index (χ1n) is 8.89. The minimum absolute atomic E-state index is 0.0800. The smallest absolute Gasteiger partial charge is 0.223 e. The number of hydrogen-bond acceptors (Lipinski definition) is 5. The van der Waals surface area contributed by atoms with Crippen LogP contribution in [0.2, 0.25) is 0 Å². The normalized spacial score (nSPS) is 15.3. The van der Waals surface area contributed by atoms with E-state index < -0.39 is 0 Å². The van der Waals surface area contributed by atoms with Crippen LogP contribution in [0.4, 0.5) is 5.13 Å². The average molecular weight is 369 g/mol. The second-order valence-electron chi connectivity index (χ2n) is 6.80. The quantitative estimate of drug-likeness (QED) is 0.844. The number of thiazole rings is 1. The van der Waals surface area contributed by atoms with Gasteiger partial charge < -0.3 is 5.32 Å². The van der Waals surface area contributed by atoms with E-state index in [1.54, 1.807) is 11.3 Å². The van der Waals surface area contributed by atoms with Crippen LogP contribution in [-0.2, 0) is 11.3 Å². The lowest BCUT2D eigenvalue weighted by molar-refractivity contribution is -0.114.